The third-order valence-electron chi connectivity index (χ3n) is 4.36. The van der Waals surface area contributed by atoms with Crippen molar-refractivity contribution < 1.29 is 22.3 Å². The Kier molecular flexibility index (Phi) is 5.76. The molecule has 0 aromatic heterocycles. The van der Waals surface area contributed by atoms with Gasteiger partial charge in [0.1, 0.15) is 11.6 Å². The molecule has 0 atom stereocenters. The quantitative estimate of drug-likeness (QED) is 0.820. The standard InChI is InChI=1S/C19H21FN2O4S/c1-14-12-15(27(24,25)22-10-4-5-11-22)8-9-18(14)26-13-19(23)21-17-7-3-2-6-16(17)20/h2-3,6-9,12H,4-5,10-11,13H2,1H3,(H,21,23). The van der Waals surface area contributed by atoms with E-state index in [1.165, 1.54) is 40.7 Å². The fraction of sp³-hybridized carbons (Fsp3) is 0.316. The van der Waals surface area contributed by atoms with Gasteiger partial charge in [-0.3, -0.25) is 4.79 Å². The Balaban J connectivity index is 1.64. The molecule has 8 heteroatoms. The molecule has 0 radical (unpaired) electrons. The highest BCUT2D eigenvalue weighted by atomic mass is 32.2. The first-order chi connectivity index (χ1) is 12.9. The molecule has 1 aliphatic rings. The van der Waals surface area contributed by atoms with Crippen LogP contribution in [0.25, 0.3) is 0 Å². The van der Waals surface area contributed by atoms with Crippen molar-refractivity contribution in [3.63, 3.8) is 0 Å². The molecule has 0 unspecified atom stereocenters. The first-order valence-electron chi connectivity index (χ1n) is 8.66. The molecule has 0 saturated carbocycles. The zero-order valence-corrected chi connectivity index (χ0v) is 15.8. The zero-order valence-electron chi connectivity index (χ0n) is 14.9. The van der Waals surface area contributed by atoms with Crippen LogP contribution in [0.1, 0.15) is 18.4 Å². The molecular weight excluding hydrogens is 371 g/mol. The number of ether oxygens (including phenoxy) is 1. The summed E-state index contributed by atoms with van der Waals surface area (Å²) in [6.45, 7) is 2.48. The van der Waals surface area contributed by atoms with Crippen molar-refractivity contribution in [3.05, 3.63) is 53.8 Å². The number of carbonyl (C=O) groups is 1. The molecule has 27 heavy (non-hydrogen) atoms. The largest absolute Gasteiger partial charge is 0.483 e. The van der Waals surface area contributed by atoms with Crippen LogP contribution in [0.15, 0.2) is 47.4 Å². The minimum atomic E-state index is -3.50. The van der Waals surface area contributed by atoms with Crippen LogP contribution in [-0.2, 0) is 14.8 Å². The number of halogens is 1. The van der Waals surface area contributed by atoms with E-state index in [4.69, 9.17) is 4.74 Å². The first-order valence-corrected chi connectivity index (χ1v) is 10.1. The maximum atomic E-state index is 13.5. The lowest BCUT2D eigenvalue weighted by Crippen LogP contribution is -2.27. The van der Waals surface area contributed by atoms with E-state index in [0.717, 1.165) is 12.8 Å². The van der Waals surface area contributed by atoms with Crippen LogP contribution in [0.2, 0.25) is 0 Å². The topological polar surface area (TPSA) is 75.7 Å². The van der Waals surface area contributed by atoms with E-state index in [1.807, 2.05) is 0 Å². The monoisotopic (exact) mass is 392 g/mol. The van der Waals surface area contributed by atoms with Crippen molar-refractivity contribution in [2.45, 2.75) is 24.7 Å². The highest BCUT2D eigenvalue weighted by Gasteiger charge is 2.27. The number of nitrogens with zero attached hydrogens (tertiary/aromatic N) is 1. The van der Waals surface area contributed by atoms with Crippen molar-refractivity contribution in [1.82, 2.24) is 4.31 Å². The van der Waals surface area contributed by atoms with Crippen LogP contribution in [0.5, 0.6) is 5.75 Å². The molecule has 1 N–H and O–H groups in total. The number of hydrogen-bond acceptors (Lipinski definition) is 4. The summed E-state index contributed by atoms with van der Waals surface area (Å²) >= 11 is 0. The number of carbonyl (C=O) groups excluding carboxylic acids is 1. The SMILES string of the molecule is Cc1cc(S(=O)(=O)N2CCCC2)ccc1OCC(=O)Nc1ccccc1F. The fourth-order valence-electron chi connectivity index (χ4n) is 2.91. The summed E-state index contributed by atoms with van der Waals surface area (Å²) in [7, 11) is -3.50. The molecule has 0 bridgehead atoms. The summed E-state index contributed by atoms with van der Waals surface area (Å²) in [6.07, 6.45) is 1.74. The minimum Gasteiger partial charge on any atom is -0.483 e. The van der Waals surface area contributed by atoms with E-state index in [2.05, 4.69) is 5.32 Å². The minimum absolute atomic E-state index is 0.0786. The molecule has 2 aromatic rings. The lowest BCUT2D eigenvalue weighted by atomic mass is 10.2. The number of hydrogen-bond donors (Lipinski definition) is 1. The van der Waals surface area contributed by atoms with Gasteiger partial charge in [-0.2, -0.15) is 4.31 Å². The van der Waals surface area contributed by atoms with E-state index >= 15 is 0 Å². The van der Waals surface area contributed by atoms with Crippen molar-refractivity contribution in [3.8, 4) is 5.75 Å². The Morgan fingerprint density at radius 3 is 2.56 bits per heavy atom. The molecule has 3 rings (SSSR count). The summed E-state index contributed by atoms with van der Waals surface area (Å²) in [5, 5.41) is 2.43. The molecule has 6 nitrogen and oxygen atoms in total. The number of rotatable bonds is 6. The Hall–Kier alpha value is -2.45. The van der Waals surface area contributed by atoms with Crippen molar-refractivity contribution in [2.75, 3.05) is 25.0 Å². The number of anilines is 1. The van der Waals surface area contributed by atoms with E-state index in [1.54, 1.807) is 13.0 Å². The lowest BCUT2D eigenvalue weighted by molar-refractivity contribution is -0.118. The van der Waals surface area contributed by atoms with E-state index < -0.39 is 21.7 Å². The number of amides is 1. The number of sulfonamides is 1. The molecule has 2 aromatic carbocycles. The van der Waals surface area contributed by atoms with Gasteiger partial charge in [-0.1, -0.05) is 12.1 Å². The van der Waals surface area contributed by atoms with Crippen LogP contribution in [0, 0.1) is 12.7 Å². The smallest absolute Gasteiger partial charge is 0.262 e. The molecule has 1 fully saturated rings. The summed E-state index contributed by atoms with van der Waals surface area (Å²) in [4.78, 5) is 12.2. The van der Waals surface area contributed by atoms with Gasteiger partial charge in [-0.15, -0.1) is 0 Å². The summed E-state index contributed by atoms with van der Waals surface area (Å²) in [6, 6.07) is 10.4. The molecular formula is C19H21FN2O4S. The van der Waals surface area contributed by atoms with Crippen LogP contribution < -0.4 is 10.1 Å². The molecule has 1 heterocycles. The van der Waals surface area contributed by atoms with Gasteiger partial charge in [0.2, 0.25) is 10.0 Å². The van der Waals surface area contributed by atoms with Crippen LogP contribution >= 0.6 is 0 Å². The highest BCUT2D eigenvalue weighted by Crippen LogP contribution is 2.26. The third kappa shape index (κ3) is 4.45. The number of benzene rings is 2. The Labute approximate surface area is 158 Å². The Morgan fingerprint density at radius 2 is 1.89 bits per heavy atom. The average Bonchev–Trinajstić information content (AvgIpc) is 3.18. The molecule has 0 aliphatic carbocycles. The van der Waals surface area contributed by atoms with Crippen molar-refractivity contribution in [2.24, 2.45) is 0 Å². The van der Waals surface area contributed by atoms with E-state index in [0.29, 0.717) is 24.4 Å². The fourth-order valence-corrected chi connectivity index (χ4v) is 4.52. The van der Waals surface area contributed by atoms with Gasteiger partial charge in [0, 0.05) is 13.1 Å². The Bertz CT molecular complexity index is 940. The molecule has 0 spiro atoms. The Morgan fingerprint density at radius 1 is 1.19 bits per heavy atom. The van der Waals surface area contributed by atoms with E-state index in [-0.39, 0.29) is 17.2 Å². The van der Waals surface area contributed by atoms with Gasteiger partial charge in [-0.05, 0) is 55.7 Å². The van der Waals surface area contributed by atoms with Gasteiger partial charge in [-0.25, -0.2) is 12.8 Å². The molecule has 1 amide bonds. The first kappa shape index (κ1) is 19.3. The van der Waals surface area contributed by atoms with Crippen LogP contribution in [0.3, 0.4) is 0 Å². The van der Waals surface area contributed by atoms with Crippen LogP contribution in [-0.4, -0.2) is 38.3 Å². The second-order valence-corrected chi connectivity index (χ2v) is 8.29. The normalized spacial score (nSPS) is 14.9. The van der Waals surface area contributed by atoms with Gasteiger partial charge in [0.05, 0.1) is 10.6 Å². The van der Waals surface area contributed by atoms with E-state index in [9.17, 15) is 17.6 Å². The van der Waals surface area contributed by atoms with Crippen molar-refractivity contribution >= 4 is 21.6 Å². The summed E-state index contributed by atoms with van der Waals surface area (Å²) < 4.78 is 45.7. The lowest BCUT2D eigenvalue weighted by Gasteiger charge is -2.17. The second kappa shape index (κ2) is 8.06. The predicted molar refractivity (Wildman–Crippen MR) is 99.7 cm³/mol. The maximum absolute atomic E-state index is 13.5. The highest BCUT2D eigenvalue weighted by molar-refractivity contribution is 7.89. The van der Waals surface area contributed by atoms with Gasteiger partial charge in [0.15, 0.2) is 6.61 Å². The van der Waals surface area contributed by atoms with Gasteiger partial charge < -0.3 is 10.1 Å². The molecule has 1 saturated heterocycles. The van der Waals surface area contributed by atoms with Crippen molar-refractivity contribution in [1.29, 1.82) is 0 Å². The summed E-state index contributed by atoms with van der Waals surface area (Å²) in [5.74, 6) is -0.633. The average molecular weight is 392 g/mol. The predicted octanol–water partition coefficient (Wildman–Crippen LogP) is 2.94. The molecule has 1 aliphatic heterocycles. The zero-order chi connectivity index (χ0) is 19.4. The van der Waals surface area contributed by atoms with Gasteiger partial charge in [0.25, 0.3) is 5.91 Å². The van der Waals surface area contributed by atoms with Crippen LogP contribution in [0.4, 0.5) is 10.1 Å². The number of nitrogens with one attached hydrogen (secondary N) is 1. The number of aryl methyl sites for hydroxylation is 1. The third-order valence-corrected chi connectivity index (χ3v) is 6.25. The maximum Gasteiger partial charge on any atom is 0.262 e. The summed E-state index contributed by atoms with van der Waals surface area (Å²) in [5.41, 5.74) is 0.684. The number of para-hydroxylation sites is 1. The van der Waals surface area contributed by atoms with Gasteiger partial charge >= 0.3 is 0 Å². The second-order valence-electron chi connectivity index (χ2n) is 6.36. The molecule has 144 valence electrons.